The van der Waals surface area contributed by atoms with Gasteiger partial charge in [-0.05, 0) is 61.2 Å². The van der Waals surface area contributed by atoms with Gasteiger partial charge >= 0.3 is 0 Å². The molecule has 5 heteroatoms. The van der Waals surface area contributed by atoms with Crippen molar-refractivity contribution in [3.8, 4) is 0 Å². The van der Waals surface area contributed by atoms with Crippen LogP contribution in [-0.2, 0) is 17.6 Å². The monoisotopic (exact) mass is 385 g/mol. The quantitative estimate of drug-likeness (QED) is 0.717. The number of amides is 2. The molecular formula is C24H23N3O2. The van der Waals surface area contributed by atoms with E-state index in [9.17, 15) is 9.59 Å². The summed E-state index contributed by atoms with van der Waals surface area (Å²) in [4.78, 5) is 30.9. The number of hydrogen-bond acceptors (Lipinski definition) is 3. The van der Waals surface area contributed by atoms with Gasteiger partial charge in [0.2, 0.25) is 5.91 Å². The first kappa shape index (κ1) is 18.9. The molecule has 1 N–H and O–H groups in total. The van der Waals surface area contributed by atoms with Gasteiger partial charge in [-0.15, -0.1) is 0 Å². The second kappa shape index (κ2) is 8.27. The summed E-state index contributed by atoms with van der Waals surface area (Å²) in [5.41, 5.74) is 5.69. The van der Waals surface area contributed by atoms with Crippen molar-refractivity contribution in [2.75, 3.05) is 16.8 Å². The third-order valence-corrected chi connectivity index (χ3v) is 5.17. The summed E-state index contributed by atoms with van der Waals surface area (Å²) in [6, 6.07) is 17.5. The van der Waals surface area contributed by atoms with Gasteiger partial charge < -0.3 is 10.2 Å². The Bertz CT molecular complexity index is 1030. The summed E-state index contributed by atoms with van der Waals surface area (Å²) in [6.07, 6.45) is 5.16. The number of nitrogens with one attached hydrogen (secondary N) is 1. The molecule has 0 saturated heterocycles. The van der Waals surface area contributed by atoms with Crippen LogP contribution < -0.4 is 10.2 Å². The predicted molar refractivity (Wildman–Crippen MR) is 114 cm³/mol. The molecule has 2 amide bonds. The van der Waals surface area contributed by atoms with E-state index in [1.54, 1.807) is 29.4 Å². The number of rotatable bonds is 5. The van der Waals surface area contributed by atoms with Crippen molar-refractivity contribution >= 4 is 23.2 Å². The fraction of sp³-hybridized carbons (Fsp3) is 0.208. The molecule has 0 saturated carbocycles. The molecule has 0 atom stereocenters. The van der Waals surface area contributed by atoms with Crippen molar-refractivity contribution < 1.29 is 9.59 Å². The van der Waals surface area contributed by atoms with Gasteiger partial charge in [-0.3, -0.25) is 14.6 Å². The molecule has 1 aromatic heterocycles. The summed E-state index contributed by atoms with van der Waals surface area (Å²) in [7, 11) is 0. The number of benzene rings is 2. The lowest BCUT2D eigenvalue weighted by atomic mass is 10.1. The second-order valence-corrected chi connectivity index (χ2v) is 7.33. The molecule has 1 aliphatic rings. The van der Waals surface area contributed by atoms with Crippen LogP contribution in [-0.4, -0.2) is 23.3 Å². The van der Waals surface area contributed by atoms with Crippen molar-refractivity contribution in [3.05, 3.63) is 89.2 Å². The summed E-state index contributed by atoms with van der Waals surface area (Å²) in [5, 5.41) is 2.98. The van der Waals surface area contributed by atoms with Crippen molar-refractivity contribution in [3.63, 3.8) is 0 Å². The second-order valence-electron chi connectivity index (χ2n) is 7.33. The van der Waals surface area contributed by atoms with E-state index < -0.39 is 0 Å². The first-order valence-corrected chi connectivity index (χ1v) is 9.80. The highest BCUT2D eigenvalue weighted by atomic mass is 16.2. The Morgan fingerprint density at radius 1 is 1.10 bits per heavy atom. The number of carbonyl (C=O) groups is 2. The van der Waals surface area contributed by atoms with Crippen LogP contribution in [0.15, 0.2) is 67.0 Å². The van der Waals surface area contributed by atoms with Crippen LogP contribution in [0.25, 0.3) is 0 Å². The van der Waals surface area contributed by atoms with Gasteiger partial charge in [0.05, 0.1) is 5.56 Å². The number of anilines is 2. The van der Waals surface area contributed by atoms with Crippen LogP contribution in [0.3, 0.4) is 0 Å². The van der Waals surface area contributed by atoms with E-state index in [4.69, 9.17) is 0 Å². The molecular weight excluding hydrogens is 362 g/mol. The molecule has 4 rings (SSSR count). The van der Waals surface area contributed by atoms with Crippen molar-refractivity contribution in [2.45, 2.75) is 26.2 Å². The molecule has 0 bridgehead atoms. The van der Waals surface area contributed by atoms with Crippen LogP contribution in [0.1, 0.15) is 33.5 Å². The lowest BCUT2D eigenvalue weighted by Crippen LogP contribution is -2.28. The summed E-state index contributed by atoms with van der Waals surface area (Å²) < 4.78 is 0. The average molecular weight is 385 g/mol. The van der Waals surface area contributed by atoms with E-state index in [1.807, 2.05) is 18.2 Å². The average Bonchev–Trinajstić information content (AvgIpc) is 3.16. The van der Waals surface area contributed by atoms with E-state index in [1.165, 1.54) is 5.56 Å². The zero-order valence-electron chi connectivity index (χ0n) is 16.4. The van der Waals surface area contributed by atoms with Gasteiger partial charge in [-0.2, -0.15) is 0 Å². The first-order valence-electron chi connectivity index (χ1n) is 9.80. The van der Waals surface area contributed by atoms with Crippen LogP contribution in [0.4, 0.5) is 11.4 Å². The van der Waals surface area contributed by atoms with Crippen LogP contribution in [0.5, 0.6) is 0 Å². The molecule has 146 valence electrons. The van der Waals surface area contributed by atoms with Crippen molar-refractivity contribution in [1.29, 1.82) is 0 Å². The minimum absolute atomic E-state index is 0.00758. The van der Waals surface area contributed by atoms with Gasteiger partial charge in [-0.1, -0.05) is 29.8 Å². The minimum Gasteiger partial charge on any atom is -0.326 e. The third-order valence-electron chi connectivity index (χ3n) is 5.17. The van der Waals surface area contributed by atoms with E-state index >= 15 is 0 Å². The molecule has 2 heterocycles. The standard InChI is InChI=1S/C24H23N3O2/c1-17-4-6-18(7-5-17)8-11-23(28)26-21-9-10-22-19(15-21)12-14-27(22)24(29)20-3-2-13-25-16-20/h2-7,9-10,13,15-16H,8,11-12,14H2,1H3,(H,26,28). The summed E-state index contributed by atoms with van der Waals surface area (Å²) >= 11 is 0. The Labute approximate surface area is 170 Å². The highest BCUT2D eigenvalue weighted by Crippen LogP contribution is 2.31. The molecule has 0 radical (unpaired) electrons. The van der Waals surface area contributed by atoms with Crippen molar-refractivity contribution in [2.24, 2.45) is 0 Å². The summed E-state index contributed by atoms with van der Waals surface area (Å²) in [6.45, 7) is 2.68. The van der Waals surface area contributed by atoms with Crippen LogP contribution in [0.2, 0.25) is 0 Å². The lowest BCUT2D eigenvalue weighted by molar-refractivity contribution is -0.116. The number of aryl methyl sites for hydroxylation is 2. The molecule has 1 aliphatic heterocycles. The van der Waals surface area contributed by atoms with E-state index in [0.29, 0.717) is 24.9 Å². The first-order chi connectivity index (χ1) is 14.1. The number of fused-ring (bicyclic) bond motifs is 1. The molecule has 0 unspecified atom stereocenters. The minimum atomic E-state index is -0.0493. The SMILES string of the molecule is Cc1ccc(CCC(=O)Nc2ccc3c(c2)CCN3C(=O)c2cccnc2)cc1. The lowest BCUT2D eigenvalue weighted by Gasteiger charge is -2.17. The molecule has 5 nitrogen and oxygen atoms in total. The van der Waals surface area contributed by atoms with Gasteiger partial charge in [-0.25, -0.2) is 0 Å². The molecule has 0 fully saturated rings. The number of aromatic nitrogens is 1. The smallest absolute Gasteiger partial charge is 0.259 e. The highest BCUT2D eigenvalue weighted by molar-refractivity contribution is 6.07. The maximum absolute atomic E-state index is 12.7. The number of carbonyl (C=O) groups excluding carboxylic acids is 2. The topological polar surface area (TPSA) is 62.3 Å². The number of nitrogens with zero attached hydrogens (tertiary/aromatic N) is 2. The van der Waals surface area contributed by atoms with Gasteiger partial charge in [0.25, 0.3) is 5.91 Å². The number of hydrogen-bond donors (Lipinski definition) is 1. The maximum Gasteiger partial charge on any atom is 0.259 e. The van der Waals surface area contributed by atoms with E-state index in [2.05, 4.69) is 41.5 Å². The highest BCUT2D eigenvalue weighted by Gasteiger charge is 2.26. The van der Waals surface area contributed by atoms with Crippen molar-refractivity contribution in [1.82, 2.24) is 4.98 Å². The van der Waals surface area contributed by atoms with Gasteiger partial charge in [0.15, 0.2) is 0 Å². The fourth-order valence-electron chi connectivity index (χ4n) is 3.57. The zero-order valence-corrected chi connectivity index (χ0v) is 16.4. The zero-order chi connectivity index (χ0) is 20.2. The normalized spacial score (nSPS) is 12.5. The maximum atomic E-state index is 12.7. The molecule has 2 aromatic carbocycles. The molecule has 0 spiro atoms. The third kappa shape index (κ3) is 4.35. The fourth-order valence-corrected chi connectivity index (χ4v) is 3.57. The Hall–Kier alpha value is -3.47. The van der Waals surface area contributed by atoms with Gasteiger partial charge in [0, 0.05) is 36.7 Å². The van der Waals surface area contributed by atoms with E-state index in [-0.39, 0.29) is 11.8 Å². The van der Waals surface area contributed by atoms with Crippen LogP contribution in [0, 0.1) is 6.92 Å². The molecule has 3 aromatic rings. The van der Waals surface area contributed by atoms with Crippen LogP contribution >= 0.6 is 0 Å². The number of pyridine rings is 1. The Morgan fingerprint density at radius 2 is 1.93 bits per heavy atom. The molecule has 0 aliphatic carbocycles. The Balaban J connectivity index is 1.39. The van der Waals surface area contributed by atoms with Gasteiger partial charge in [0.1, 0.15) is 0 Å². The Kier molecular flexibility index (Phi) is 5.38. The summed E-state index contributed by atoms with van der Waals surface area (Å²) in [5.74, 6) is -0.0569. The predicted octanol–water partition coefficient (Wildman–Crippen LogP) is 4.16. The Morgan fingerprint density at radius 3 is 2.69 bits per heavy atom. The largest absolute Gasteiger partial charge is 0.326 e. The van der Waals surface area contributed by atoms with E-state index in [0.717, 1.165) is 28.9 Å². The molecule has 29 heavy (non-hydrogen) atoms.